The Balaban J connectivity index is 2.34. The minimum atomic E-state index is -0.721. The van der Waals surface area contributed by atoms with Crippen molar-refractivity contribution in [1.82, 2.24) is 9.97 Å². The maximum absolute atomic E-state index is 10.9. The van der Waals surface area contributed by atoms with Crippen LogP contribution in [-0.2, 0) is 10.8 Å². The topological polar surface area (TPSA) is 66.9 Å². The third kappa shape index (κ3) is 6.21. The van der Waals surface area contributed by atoms with Crippen LogP contribution in [0.3, 0.4) is 0 Å². The normalized spacial score (nSPS) is 12.1. The molecule has 1 unspecified atom stereocenters. The van der Waals surface area contributed by atoms with E-state index in [1.54, 1.807) is 18.6 Å². The van der Waals surface area contributed by atoms with Gasteiger partial charge in [0.1, 0.15) is 11.6 Å². The molecule has 1 heterocycles. The van der Waals surface area contributed by atoms with Gasteiger partial charge in [0.05, 0.1) is 12.4 Å². The van der Waals surface area contributed by atoms with Crippen molar-refractivity contribution in [2.75, 3.05) is 35.7 Å². The number of nitrogens with one attached hydrogen (secondary N) is 2. The van der Waals surface area contributed by atoms with E-state index >= 15 is 0 Å². The molecule has 17 heavy (non-hydrogen) atoms. The zero-order chi connectivity index (χ0) is 12.5. The highest BCUT2D eigenvalue weighted by Crippen LogP contribution is 2.06. The fourth-order valence-corrected chi connectivity index (χ4v) is 1.83. The minimum Gasteiger partial charge on any atom is -0.369 e. The number of aromatic nitrogens is 2. The SMILES string of the molecule is CCCNc1cncc(NCCCS(C)=O)n1. The molecule has 0 fully saturated rings. The molecule has 0 saturated carbocycles. The molecular formula is C11H20N4OS. The summed E-state index contributed by atoms with van der Waals surface area (Å²) >= 11 is 0. The molecule has 0 aliphatic rings. The number of nitrogens with zero attached hydrogens (tertiary/aromatic N) is 2. The van der Waals surface area contributed by atoms with Crippen LogP contribution in [0.25, 0.3) is 0 Å². The molecule has 0 bridgehead atoms. The van der Waals surface area contributed by atoms with Crippen LogP contribution in [-0.4, -0.2) is 39.3 Å². The van der Waals surface area contributed by atoms with Crippen LogP contribution in [0.5, 0.6) is 0 Å². The summed E-state index contributed by atoms with van der Waals surface area (Å²) in [6.45, 7) is 3.77. The number of rotatable bonds is 8. The number of hydrogen-bond acceptors (Lipinski definition) is 5. The van der Waals surface area contributed by atoms with Gasteiger partial charge in [-0.1, -0.05) is 6.92 Å². The van der Waals surface area contributed by atoms with E-state index in [1.165, 1.54) is 0 Å². The Morgan fingerprint density at radius 1 is 1.24 bits per heavy atom. The molecule has 0 saturated heterocycles. The second kappa shape index (κ2) is 8.00. The van der Waals surface area contributed by atoms with Gasteiger partial charge in [-0.2, -0.15) is 0 Å². The van der Waals surface area contributed by atoms with Crippen LogP contribution >= 0.6 is 0 Å². The van der Waals surface area contributed by atoms with Gasteiger partial charge >= 0.3 is 0 Å². The van der Waals surface area contributed by atoms with Gasteiger partial charge in [-0.15, -0.1) is 0 Å². The summed E-state index contributed by atoms with van der Waals surface area (Å²) in [5.74, 6) is 2.26. The van der Waals surface area contributed by atoms with Gasteiger partial charge in [0.25, 0.3) is 0 Å². The highest BCUT2D eigenvalue weighted by atomic mass is 32.2. The van der Waals surface area contributed by atoms with E-state index in [9.17, 15) is 4.21 Å². The molecule has 0 aromatic carbocycles. The van der Waals surface area contributed by atoms with Gasteiger partial charge in [0.2, 0.25) is 0 Å². The van der Waals surface area contributed by atoms with Gasteiger partial charge in [-0.25, -0.2) is 4.98 Å². The predicted octanol–water partition coefficient (Wildman–Crippen LogP) is 1.48. The second-order valence-corrected chi connectivity index (χ2v) is 5.33. The summed E-state index contributed by atoms with van der Waals surface area (Å²) in [7, 11) is -0.721. The number of hydrogen-bond donors (Lipinski definition) is 2. The van der Waals surface area contributed by atoms with E-state index in [0.717, 1.165) is 37.6 Å². The fourth-order valence-electron chi connectivity index (χ4n) is 1.28. The molecule has 1 rings (SSSR count). The average Bonchev–Trinajstić information content (AvgIpc) is 2.32. The van der Waals surface area contributed by atoms with Gasteiger partial charge in [-0.05, 0) is 12.8 Å². The summed E-state index contributed by atoms with van der Waals surface area (Å²) in [6.07, 6.45) is 7.05. The fraction of sp³-hybridized carbons (Fsp3) is 0.636. The van der Waals surface area contributed by atoms with Crippen molar-refractivity contribution in [3.63, 3.8) is 0 Å². The van der Waals surface area contributed by atoms with Crippen LogP contribution in [0, 0.1) is 0 Å². The lowest BCUT2D eigenvalue weighted by Crippen LogP contribution is -2.09. The lowest BCUT2D eigenvalue weighted by Gasteiger charge is -2.07. The second-order valence-electron chi connectivity index (χ2n) is 3.77. The van der Waals surface area contributed by atoms with Gasteiger partial charge in [0.15, 0.2) is 0 Å². The Morgan fingerprint density at radius 2 is 1.88 bits per heavy atom. The molecule has 0 aliphatic carbocycles. The third-order valence-corrected chi connectivity index (χ3v) is 2.97. The van der Waals surface area contributed by atoms with Crippen LogP contribution < -0.4 is 10.6 Å². The van der Waals surface area contributed by atoms with Crippen molar-refractivity contribution in [3.05, 3.63) is 12.4 Å². The van der Waals surface area contributed by atoms with Crippen molar-refractivity contribution in [1.29, 1.82) is 0 Å². The Bertz CT molecular complexity index is 359. The van der Waals surface area contributed by atoms with E-state index in [-0.39, 0.29) is 0 Å². The van der Waals surface area contributed by atoms with E-state index in [1.807, 2.05) is 0 Å². The van der Waals surface area contributed by atoms with Crippen molar-refractivity contribution in [2.45, 2.75) is 19.8 Å². The molecule has 0 spiro atoms. The Morgan fingerprint density at radius 3 is 2.47 bits per heavy atom. The minimum absolute atomic E-state index is 0.716. The maximum Gasteiger partial charge on any atom is 0.146 e. The van der Waals surface area contributed by atoms with Crippen LogP contribution in [0.15, 0.2) is 12.4 Å². The zero-order valence-corrected chi connectivity index (χ0v) is 11.2. The van der Waals surface area contributed by atoms with Crippen LogP contribution in [0.4, 0.5) is 11.6 Å². The molecular weight excluding hydrogens is 236 g/mol. The number of anilines is 2. The highest BCUT2D eigenvalue weighted by molar-refractivity contribution is 7.84. The Kier molecular flexibility index (Phi) is 6.54. The molecule has 1 aromatic rings. The van der Waals surface area contributed by atoms with E-state index in [2.05, 4.69) is 27.5 Å². The molecule has 2 N–H and O–H groups in total. The van der Waals surface area contributed by atoms with Crippen molar-refractivity contribution < 1.29 is 4.21 Å². The smallest absolute Gasteiger partial charge is 0.146 e. The van der Waals surface area contributed by atoms with Crippen molar-refractivity contribution in [3.8, 4) is 0 Å². The van der Waals surface area contributed by atoms with E-state index in [0.29, 0.717) is 5.75 Å². The van der Waals surface area contributed by atoms with Gasteiger partial charge in [-0.3, -0.25) is 9.19 Å². The van der Waals surface area contributed by atoms with Crippen LogP contribution in [0.2, 0.25) is 0 Å². The molecule has 5 nitrogen and oxygen atoms in total. The Hall–Kier alpha value is -1.17. The van der Waals surface area contributed by atoms with Gasteiger partial charge < -0.3 is 10.6 Å². The first-order chi connectivity index (χ1) is 8.22. The highest BCUT2D eigenvalue weighted by Gasteiger charge is 1.98. The zero-order valence-electron chi connectivity index (χ0n) is 10.4. The third-order valence-electron chi connectivity index (χ3n) is 2.11. The maximum atomic E-state index is 10.9. The summed E-state index contributed by atoms with van der Waals surface area (Å²) in [6, 6.07) is 0. The van der Waals surface area contributed by atoms with Crippen molar-refractivity contribution >= 4 is 22.4 Å². The molecule has 1 atom stereocenters. The summed E-state index contributed by atoms with van der Waals surface area (Å²) in [5, 5.41) is 6.35. The Labute approximate surface area is 105 Å². The molecule has 96 valence electrons. The lowest BCUT2D eigenvalue weighted by molar-refractivity contribution is 0.685. The first kappa shape index (κ1) is 13.9. The monoisotopic (exact) mass is 256 g/mol. The molecule has 0 aliphatic heterocycles. The quantitative estimate of drug-likeness (QED) is 0.690. The molecule has 6 heteroatoms. The summed E-state index contributed by atoms with van der Waals surface area (Å²) in [4.78, 5) is 8.47. The van der Waals surface area contributed by atoms with Crippen LogP contribution in [0.1, 0.15) is 19.8 Å². The first-order valence-electron chi connectivity index (χ1n) is 5.82. The summed E-state index contributed by atoms with van der Waals surface area (Å²) < 4.78 is 10.9. The lowest BCUT2D eigenvalue weighted by atomic mass is 10.4. The van der Waals surface area contributed by atoms with E-state index < -0.39 is 10.8 Å². The average molecular weight is 256 g/mol. The van der Waals surface area contributed by atoms with Gasteiger partial charge in [0, 0.05) is 35.9 Å². The first-order valence-corrected chi connectivity index (χ1v) is 7.55. The summed E-state index contributed by atoms with van der Waals surface area (Å²) in [5.41, 5.74) is 0. The molecule has 1 aromatic heterocycles. The molecule has 0 amide bonds. The van der Waals surface area contributed by atoms with E-state index in [4.69, 9.17) is 0 Å². The van der Waals surface area contributed by atoms with Crippen molar-refractivity contribution in [2.24, 2.45) is 0 Å². The molecule has 0 radical (unpaired) electrons. The predicted molar refractivity (Wildman–Crippen MR) is 72.9 cm³/mol. The standard InChI is InChI=1S/C11H20N4OS/c1-3-5-13-10-8-12-9-11(15-10)14-6-4-7-17(2)16/h8-9H,3-7H2,1-2H3,(H2,13,14,15). The largest absolute Gasteiger partial charge is 0.369 e.